The van der Waals surface area contributed by atoms with Gasteiger partial charge in [0.05, 0.1) is 10.9 Å². The molecule has 2 rings (SSSR count). The van der Waals surface area contributed by atoms with E-state index in [1.807, 2.05) is 30.3 Å². The fourth-order valence-electron chi connectivity index (χ4n) is 1.57. The van der Waals surface area contributed by atoms with Crippen molar-refractivity contribution in [3.63, 3.8) is 0 Å². The van der Waals surface area contributed by atoms with Crippen LogP contribution in [-0.2, 0) is 6.61 Å². The summed E-state index contributed by atoms with van der Waals surface area (Å²) < 4.78 is 5.67. The average Bonchev–Trinajstić information content (AvgIpc) is 2.45. The number of halogens is 1. The smallest absolute Gasteiger partial charge is 0.177 e. The summed E-state index contributed by atoms with van der Waals surface area (Å²) in [5.74, 6) is 0.581. The molecule has 0 N–H and O–H groups in total. The quantitative estimate of drug-likeness (QED) is 0.622. The van der Waals surface area contributed by atoms with Gasteiger partial charge in [0.25, 0.3) is 0 Å². The van der Waals surface area contributed by atoms with Gasteiger partial charge in [0, 0.05) is 0 Å². The first kappa shape index (κ1) is 12.8. The molecule has 2 aromatic rings. The first-order valence-corrected chi connectivity index (χ1v) is 6.69. The zero-order chi connectivity index (χ0) is 12.8. The Morgan fingerprint density at radius 1 is 1.22 bits per heavy atom. The van der Waals surface area contributed by atoms with Crippen LogP contribution in [0.25, 0.3) is 0 Å². The fraction of sp³-hybridized carbons (Fsp3) is 0.133. The van der Waals surface area contributed by atoms with Gasteiger partial charge in [-0.05, 0) is 23.8 Å². The van der Waals surface area contributed by atoms with Crippen LogP contribution in [0.2, 0.25) is 0 Å². The second-order valence-corrected chi connectivity index (χ2v) is 4.31. The Morgan fingerprint density at radius 2 is 2.00 bits per heavy atom. The summed E-state index contributed by atoms with van der Waals surface area (Å²) in [7, 11) is 0. The predicted molar refractivity (Wildman–Crippen MR) is 74.2 cm³/mol. The number of hydrogen-bond acceptors (Lipinski definition) is 2. The number of rotatable bonds is 5. The molecule has 3 heteroatoms. The molecule has 0 aliphatic heterocycles. The first-order valence-electron chi connectivity index (χ1n) is 5.57. The van der Waals surface area contributed by atoms with Gasteiger partial charge < -0.3 is 4.74 Å². The van der Waals surface area contributed by atoms with Crippen molar-refractivity contribution < 1.29 is 9.53 Å². The number of ether oxygens (including phenoxy) is 1. The van der Waals surface area contributed by atoms with Crippen molar-refractivity contribution in [1.82, 2.24) is 0 Å². The Labute approximate surface area is 115 Å². The van der Waals surface area contributed by atoms with E-state index in [9.17, 15) is 4.79 Å². The highest BCUT2D eigenvalue weighted by Crippen LogP contribution is 2.20. The van der Waals surface area contributed by atoms with Crippen LogP contribution in [0, 0.1) is 6.07 Å². The van der Waals surface area contributed by atoms with Crippen molar-refractivity contribution in [3.8, 4) is 5.75 Å². The minimum atomic E-state index is 0.00654. The summed E-state index contributed by atoms with van der Waals surface area (Å²) in [6.07, 6.45) is 0. The molecule has 1 radical (unpaired) electrons. The van der Waals surface area contributed by atoms with Gasteiger partial charge in [-0.15, -0.1) is 0 Å². The van der Waals surface area contributed by atoms with Crippen molar-refractivity contribution in [2.75, 3.05) is 5.33 Å². The van der Waals surface area contributed by atoms with E-state index in [4.69, 9.17) is 4.74 Å². The van der Waals surface area contributed by atoms with E-state index in [0.717, 1.165) is 5.56 Å². The Kier molecular flexibility index (Phi) is 4.53. The lowest BCUT2D eigenvalue weighted by Crippen LogP contribution is -2.05. The molecule has 0 aliphatic carbocycles. The summed E-state index contributed by atoms with van der Waals surface area (Å²) in [6.45, 7) is 0.446. The molecule has 2 aromatic carbocycles. The molecule has 0 amide bonds. The third-order valence-corrected chi connectivity index (χ3v) is 2.99. The molecule has 0 spiro atoms. The lowest BCUT2D eigenvalue weighted by Gasteiger charge is -2.09. The summed E-state index contributed by atoms with van der Waals surface area (Å²) >= 11 is 3.17. The van der Waals surface area contributed by atoms with Crippen molar-refractivity contribution in [2.45, 2.75) is 6.61 Å². The van der Waals surface area contributed by atoms with Gasteiger partial charge in [0.1, 0.15) is 12.4 Å². The van der Waals surface area contributed by atoms with Gasteiger partial charge >= 0.3 is 0 Å². The zero-order valence-electron chi connectivity index (χ0n) is 9.73. The van der Waals surface area contributed by atoms with E-state index < -0.39 is 0 Å². The minimum absolute atomic E-state index is 0.00654. The third-order valence-electron chi connectivity index (χ3n) is 2.49. The number of carbonyl (C=O) groups is 1. The Hall–Kier alpha value is -1.61. The van der Waals surface area contributed by atoms with Crippen molar-refractivity contribution in [2.24, 2.45) is 0 Å². The van der Waals surface area contributed by atoms with Gasteiger partial charge in [-0.2, -0.15) is 0 Å². The summed E-state index contributed by atoms with van der Waals surface area (Å²) in [5, 5.41) is 0.290. The maximum atomic E-state index is 11.7. The SMILES string of the molecule is O=C(CBr)c1cc[c]cc1OCc1ccccc1. The zero-order valence-corrected chi connectivity index (χ0v) is 11.3. The van der Waals surface area contributed by atoms with Crippen LogP contribution in [0.5, 0.6) is 5.75 Å². The van der Waals surface area contributed by atoms with E-state index in [1.165, 1.54) is 0 Å². The number of ketones is 1. The highest BCUT2D eigenvalue weighted by Gasteiger charge is 2.10. The largest absolute Gasteiger partial charge is 0.488 e. The predicted octanol–water partition coefficient (Wildman–Crippen LogP) is 3.64. The van der Waals surface area contributed by atoms with Crippen molar-refractivity contribution in [1.29, 1.82) is 0 Å². The normalized spacial score (nSPS) is 10.1. The lowest BCUT2D eigenvalue weighted by atomic mass is 10.1. The Bertz CT molecular complexity index is 523. The molecule has 0 aliphatic rings. The molecule has 91 valence electrons. The fourth-order valence-corrected chi connectivity index (χ4v) is 1.87. The van der Waals surface area contributed by atoms with Crippen LogP contribution in [0.3, 0.4) is 0 Å². The van der Waals surface area contributed by atoms with Crippen LogP contribution >= 0.6 is 15.9 Å². The molecule has 0 saturated carbocycles. The van der Waals surface area contributed by atoms with Gasteiger partial charge in [-0.1, -0.05) is 52.3 Å². The van der Waals surface area contributed by atoms with Crippen LogP contribution in [0.4, 0.5) is 0 Å². The van der Waals surface area contributed by atoms with Crippen LogP contribution in [0.15, 0.2) is 48.5 Å². The third kappa shape index (κ3) is 3.20. The Balaban J connectivity index is 2.12. The molecule has 0 unspecified atom stereocenters. The molecule has 0 heterocycles. The summed E-state index contributed by atoms with van der Waals surface area (Å²) in [6, 6.07) is 17.9. The van der Waals surface area contributed by atoms with Gasteiger partial charge in [-0.25, -0.2) is 0 Å². The molecule has 0 fully saturated rings. The number of alkyl halides is 1. The molecule has 0 aromatic heterocycles. The maximum absolute atomic E-state index is 11.7. The first-order chi connectivity index (χ1) is 8.81. The van der Waals surface area contributed by atoms with Crippen LogP contribution in [-0.4, -0.2) is 11.1 Å². The van der Waals surface area contributed by atoms with E-state index in [-0.39, 0.29) is 5.78 Å². The monoisotopic (exact) mass is 303 g/mol. The molecule has 0 saturated heterocycles. The average molecular weight is 304 g/mol. The number of benzene rings is 2. The molecule has 0 atom stereocenters. The van der Waals surface area contributed by atoms with Crippen molar-refractivity contribution >= 4 is 21.7 Å². The molecular formula is C15H12BrO2. The molecular weight excluding hydrogens is 292 g/mol. The second-order valence-electron chi connectivity index (χ2n) is 3.75. The molecule has 18 heavy (non-hydrogen) atoms. The lowest BCUT2D eigenvalue weighted by molar-refractivity contribution is 0.101. The highest BCUT2D eigenvalue weighted by molar-refractivity contribution is 9.09. The molecule has 2 nitrogen and oxygen atoms in total. The highest BCUT2D eigenvalue weighted by atomic mass is 79.9. The Morgan fingerprint density at radius 3 is 2.72 bits per heavy atom. The van der Waals surface area contributed by atoms with Crippen LogP contribution in [0.1, 0.15) is 15.9 Å². The minimum Gasteiger partial charge on any atom is -0.488 e. The second kappa shape index (κ2) is 6.36. The summed E-state index contributed by atoms with van der Waals surface area (Å²) in [5.41, 5.74) is 1.65. The maximum Gasteiger partial charge on any atom is 0.177 e. The standard InChI is InChI=1S/C15H12BrO2/c16-10-14(17)13-8-4-5-9-15(13)18-11-12-6-2-1-3-7-12/h1-4,6-9H,10-11H2. The number of carbonyl (C=O) groups excluding carboxylic acids is 1. The molecule has 0 bridgehead atoms. The van der Waals surface area contributed by atoms with Crippen molar-refractivity contribution in [3.05, 3.63) is 65.7 Å². The van der Waals surface area contributed by atoms with E-state index in [2.05, 4.69) is 22.0 Å². The van der Waals surface area contributed by atoms with Crippen LogP contribution < -0.4 is 4.74 Å². The van der Waals surface area contributed by atoms with Gasteiger partial charge in [0.2, 0.25) is 0 Å². The summed E-state index contributed by atoms with van der Waals surface area (Å²) in [4.78, 5) is 11.7. The van der Waals surface area contributed by atoms with Gasteiger partial charge in [0.15, 0.2) is 5.78 Å². The van der Waals surface area contributed by atoms with E-state index in [0.29, 0.717) is 23.2 Å². The van der Waals surface area contributed by atoms with Gasteiger partial charge in [-0.3, -0.25) is 4.79 Å². The number of hydrogen-bond donors (Lipinski definition) is 0. The topological polar surface area (TPSA) is 26.3 Å². The van der Waals surface area contributed by atoms with E-state index in [1.54, 1.807) is 18.2 Å². The number of Topliss-reactive ketones (excluding diaryl/α,β-unsaturated/α-hetero) is 1. The van der Waals surface area contributed by atoms with E-state index >= 15 is 0 Å².